The average molecular weight is 146 g/mol. The Kier molecular flexibility index (Phi) is 3.42. The van der Waals surface area contributed by atoms with Gasteiger partial charge in [0, 0.05) is 0 Å². The van der Waals surface area contributed by atoms with Crippen molar-refractivity contribution in [3.63, 3.8) is 0 Å². The molecule has 0 aromatic heterocycles. The number of carbonyl (C=O) groups is 2. The number of carboxylic acid groups (broad SMARTS) is 1. The van der Waals surface area contributed by atoms with Crippen LogP contribution >= 0.6 is 0 Å². The van der Waals surface area contributed by atoms with Crippen molar-refractivity contribution < 1.29 is 14.7 Å². The van der Waals surface area contributed by atoms with Gasteiger partial charge < -0.3 is 10.8 Å². The molecule has 0 aromatic carbocycles. The Morgan fingerprint density at radius 1 is 1.70 bits per heavy atom. The van der Waals surface area contributed by atoms with E-state index < -0.39 is 17.9 Å². The van der Waals surface area contributed by atoms with Crippen molar-refractivity contribution in [1.82, 2.24) is 5.32 Å². The highest BCUT2D eigenvalue weighted by molar-refractivity contribution is 5.80. The Bertz CT molecular complexity index is 146. The second-order valence-corrected chi connectivity index (χ2v) is 1.90. The molecule has 0 aliphatic heterocycles. The first-order chi connectivity index (χ1) is 4.54. The molecule has 0 fully saturated rings. The number of nitrogens with two attached hydrogens (primary N) is 1. The standard InChI is InChI=1S/C5H10N2O3/c1-3(5(6)10)7-2-4(8)9/h3,7H,2H2,1H3,(H2,6,10)(H,8,9). The fraction of sp³-hybridized carbons (Fsp3) is 0.600. The van der Waals surface area contributed by atoms with Crippen LogP contribution in [0.4, 0.5) is 0 Å². The molecule has 5 nitrogen and oxygen atoms in total. The van der Waals surface area contributed by atoms with Crippen molar-refractivity contribution in [3.05, 3.63) is 0 Å². The quantitative estimate of drug-likeness (QED) is 0.451. The number of carboxylic acids is 1. The highest BCUT2D eigenvalue weighted by Gasteiger charge is 2.07. The fourth-order valence-electron chi connectivity index (χ4n) is 0.341. The first-order valence-electron chi connectivity index (χ1n) is 2.78. The number of hydrogen-bond donors (Lipinski definition) is 3. The Hall–Kier alpha value is -1.10. The van der Waals surface area contributed by atoms with E-state index in [-0.39, 0.29) is 6.54 Å². The summed E-state index contributed by atoms with van der Waals surface area (Å²) in [7, 11) is 0. The van der Waals surface area contributed by atoms with E-state index in [1.54, 1.807) is 0 Å². The largest absolute Gasteiger partial charge is 0.480 e. The molecule has 0 bridgehead atoms. The maximum Gasteiger partial charge on any atom is 0.317 e. The van der Waals surface area contributed by atoms with E-state index in [0.717, 1.165) is 0 Å². The van der Waals surface area contributed by atoms with Crippen molar-refractivity contribution >= 4 is 11.9 Å². The number of aliphatic carboxylic acids is 1. The lowest BCUT2D eigenvalue weighted by atomic mass is 10.3. The number of nitrogens with one attached hydrogen (secondary N) is 1. The summed E-state index contributed by atoms with van der Waals surface area (Å²) < 4.78 is 0. The molecule has 0 aromatic rings. The minimum Gasteiger partial charge on any atom is -0.480 e. The molecule has 1 atom stereocenters. The molecule has 0 aliphatic rings. The summed E-state index contributed by atoms with van der Waals surface area (Å²) in [6.07, 6.45) is 0. The van der Waals surface area contributed by atoms with Gasteiger partial charge in [0.25, 0.3) is 0 Å². The highest BCUT2D eigenvalue weighted by Crippen LogP contribution is 1.76. The van der Waals surface area contributed by atoms with Gasteiger partial charge in [0.05, 0.1) is 12.6 Å². The SMILES string of the molecule is CC(NCC(=O)O)C(N)=O. The lowest BCUT2D eigenvalue weighted by Gasteiger charge is -2.05. The van der Waals surface area contributed by atoms with E-state index in [0.29, 0.717) is 0 Å². The normalized spacial score (nSPS) is 12.5. The Balaban J connectivity index is 3.49. The third-order valence-corrected chi connectivity index (χ3v) is 0.986. The number of primary amides is 1. The van der Waals surface area contributed by atoms with E-state index in [9.17, 15) is 9.59 Å². The van der Waals surface area contributed by atoms with Gasteiger partial charge in [-0.3, -0.25) is 14.9 Å². The minimum absolute atomic E-state index is 0.246. The summed E-state index contributed by atoms with van der Waals surface area (Å²) >= 11 is 0. The lowest BCUT2D eigenvalue weighted by Crippen LogP contribution is -2.41. The molecule has 5 heteroatoms. The average Bonchev–Trinajstić information content (AvgIpc) is 1.82. The predicted octanol–water partition coefficient (Wildman–Crippen LogP) is -1.47. The van der Waals surface area contributed by atoms with Crippen LogP contribution < -0.4 is 11.1 Å². The molecule has 4 N–H and O–H groups in total. The molecule has 0 heterocycles. The van der Waals surface area contributed by atoms with Gasteiger partial charge in [0.15, 0.2) is 0 Å². The van der Waals surface area contributed by atoms with Crippen LogP contribution in [-0.2, 0) is 9.59 Å². The fourth-order valence-corrected chi connectivity index (χ4v) is 0.341. The van der Waals surface area contributed by atoms with Crippen molar-refractivity contribution in [2.45, 2.75) is 13.0 Å². The minimum atomic E-state index is -1.01. The molecular formula is C5H10N2O3. The maximum atomic E-state index is 10.3. The van der Waals surface area contributed by atoms with E-state index in [2.05, 4.69) is 5.32 Å². The first-order valence-corrected chi connectivity index (χ1v) is 2.78. The van der Waals surface area contributed by atoms with Gasteiger partial charge in [-0.1, -0.05) is 0 Å². The molecule has 0 rings (SSSR count). The molecule has 1 unspecified atom stereocenters. The molecule has 58 valence electrons. The zero-order valence-corrected chi connectivity index (χ0v) is 5.63. The monoisotopic (exact) mass is 146 g/mol. The summed E-state index contributed by atoms with van der Waals surface area (Å²) in [5.74, 6) is -1.56. The molecule has 0 saturated heterocycles. The van der Waals surface area contributed by atoms with Crippen LogP contribution in [0.1, 0.15) is 6.92 Å². The maximum absolute atomic E-state index is 10.3. The molecule has 10 heavy (non-hydrogen) atoms. The summed E-state index contributed by atoms with van der Waals surface area (Å²) in [6.45, 7) is 1.26. The number of carbonyl (C=O) groups excluding carboxylic acids is 1. The molecule has 0 aliphatic carbocycles. The molecule has 0 spiro atoms. The first kappa shape index (κ1) is 8.90. The van der Waals surface area contributed by atoms with Crippen molar-refractivity contribution in [2.75, 3.05) is 6.54 Å². The number of hydrogen-bond acceptors (Lipinski definition) is 3. The van der Waals surface area contributed by atoms with Crippen LogP contribution in [0.3, 0.4) is 0 Å². The molecular weight excluding hydrogens is 136 g/mol. The van der Waals surface area contributed by atoms with Gasteiger partial charge in [-0.15, -0.1) is 0 Å². The number of rotatable bonds is 4. The smallest absolute Gasteiger partial charge is 0.317 e. The Labute approximate surface area is 58.2 Å². The Morgan fingerprint density at radius 2 is 2.20 bits per heavy atom. The lowest BCUT2D eigenvalue weighted by molar-refractivity contribution is -0.136. The summed E-state index contributed by atoms with van der Waals surface area (Å²) in [5, 5.41) is 10.5. The molecule has 0 radical (unpaired) electrons. The van der Waals surface area contributed by atoms with E-state index in [1.807, 2.05) is 0 Å². The van der Waals surface area contributed by atoms with Crippen molar-refractivity contribution in [3.8, 4) is 0 Å². The van der Waals surface area contributed by atoms with Crippen LogP contribution in [0.15, 0.2) is 0 Å². The van der Waals surface area contributed by atoms with Crippen LogP contribution in [0.25, 0.3) is 0 Å². The zero-order chi connectivity index (χ0) is 8.15. The summed E-state index contributed by atoms with van der Waals surface area (Å²) in [5.41, 5.74) is 4.83. The van der Waals surface area contributed by atoms with Crippen LogP contribution in [0.2, 0.25) is 0 Å². The van der Waals surface area contributed by atoms with Crippen LogP contribution in [0, 0.1) is 0 Å². The second kappa shape index (κ2) is 3.84. The van der Waals surface area contributed by atoms with Gasteiger partial charge in [-0.2, -0.15) is 0 Å². The second-order valence-electron chi connectivity index (χ2n) is 1.90. The van der Waals surface area contributed by atoms with Crippen LogP contribution in [-0.4, -0.2) is 29.6 Å². The van der Waals surface area contributed by atoms with Crippen molar-refractivity contribution in [2.24, 2.45) is 5.73 Å². The Morgan fingerprint density at radius 3 is 2.50 bits per heavy atom. The molecule has 0 saturated carbocycles. The third-order valence-electron chi connectivity index (χ3n) is 0.986. The summed E-state index contributed by atoms with van der Waals surface area (Å²) in [4.78, 5) is 20.2. The van der Waals surface area contributed by atoms with Crippen LogP contribution in [0.5, 0.6) is 0 Å². The highest BCUT2D eigenvalue weighted by atomic mass is 16.4. The predicted molar refractivity (Wildman–Crippen MR) is 34.3 cm³/mol. The summed E-state index contributed by atoms with van der Waals surface area (Å²) in [6, 6.07) is -0.587. The zero-order valence-electron chi connectivity index (χ0n) is 5.63. The topological polar surface area (TPSA) is 92.4 Å². The molecule has 1 amide bonds. The number of amides is 1. The van der Waals surface area contributed by atoms with Crippen molar-refractivity contribution in [1.29, 1.82) is 0 Å². The van der Waals surface area contributed by atoms with E-state index in [4.69, 9.17) is 10.8 Å². The van der Waals surface area contributed by atoms with E-state index in [1.165, 1.54) is 6.92 Å². The van der Waals surface area contributed by atoms with Gasteiger partial charge in [-0.05, 0) is 6.92 Å². The van der Waals surface area contributed by atoms with Gasteiger partial charge in [0.1, 0.15) is 0 Å². The van der Waals surface area contributed by atoms with E-state index >= 15 is 0 Å². The van der Waals surface area contributed by atoms with Gasteiger partial charge in [0.2, 0.25) is 5.91 Å². The van der Waals surface area contributed by atoms with Gasteiger partial charge >= 0.3 is 5.97 Å². The van der Waals surface area contributed by atoms with Gasteiger partial charge in [-0.25, -0.2) is 0 Å². The third kappa shape index (κ3) is 3.85.